The Balaban J connectivity index is 1.99. The van der Waals surface area contributed by atoms with Crippen molar-refractivity contribution in [2.45, 2.75) is 75.3 Å². The molecule has 2 aliphatic heterocycles. The second-order valence-corrected chi connectivity index (χ2v) is 13.0. The van der Waals surface area contributed by atoms with E-state index in [0.29, 0.717) is 6.42 Å². The van der Waals surface area contributed by atoms with Crippen molar-refractivity contribution in [1.82, 2.24) is 0 Å². The molecule has 0 N–H and O–H groups in total. The summed E-state index contributed by atoms with van der Waals surface area (Å²) in [4.78, 5) is 12.4. The molecule has 2 heterocycles. The minimum atomic E-state index is -1.54. The van der Waals surface area contributed by atoms with Crippen molar-refractivity contribution in [3.05, 3.63) is 0 Å². The summed E-state index contributed by atoms with van der Waals surface area (Å²) in [6, 6.07) is 0. The number of rotatable bonds is 2. The third-order valence-corrected chi connectivity index (χ3v) is 7.48. The molecule has 1 saturated carbocycles. The Morgan fingerprint density at radius 1 is 1.20 bits per heavy atom. The van der Waals surface area contributed by atoms with Crippen LogP contribution in [-0.4, -0.2) is 50.9 Å². The van der Waals surface area contributed by atoms with Crippen LogP contribution in [0.15, 0.2) is 0 Å². The van der Waals surface area contributed by atoms with E-state index in [1.807, 2.05) is 13.8 Å². The highest BCUT2D eigenvalue weighted by Gasteiger charge is 2.74. The van der Waals surface area contributed by atoms with E-state index in [1.54, 1.807) is 7.11 Å². The van der Waals surface area contributed by atoms with Gasteiger partial charge < -0.3 is 18.9 Å². The van der Waals surface area contributed by atoms with Gasteiger partial charge in [-0.3, -0.25) is 4.79 Å². The van der Waals surface area contributed by atoms with E-state index in [-0.39, 0.29) is 23.5 Å². The summed E-state index contributed by atoms with van der Waals surface area (Å²) in [6.07, 6.45) is -0.595. The molecule has 3 rings (SSSR count). The SMILES string of the molecule is CO[C@@H]1O[C@@]2(C(=O)CC2[Si](C)(C)C)[C@@H]2OC(C)(C)OC12. The molecule has 3 aliphatic rings. The zero-order valence-corrected chi connectivity index (χ0v) is 14.1. The fourth-order valence-electron chi connectivity index (χ4n) is 3.84. The van der Waals surface area contributed by atoms with Crippen molar-refractivity contribution < 1.29 is 23.7 Å². The Morgan fingerprint density at radius 2 is 1.85 bits per heavy atom. The third kappa shape index (κ3) is 1.78. The molecular formula is C14H24O5Si. The molecule has 0 aromatic heterocycles. The second kappa shape index (κ2) is 4.13. The molecule has 0 aromatic carbocycles. The van der Waals surface area contributed by atoms with Gasteiger partial charge in [0.1, 0.15) is 12.2 Å². The van der Waals surface area contributed by atoms with Gasteiger partial charge in [-0.05, 0) is 19.4 Å². The topological polar surface area (TPSA) is 54.0 Å². The monoisotopic (exact) mass is 300 g/mol. The lowest BCUT2D eigenvalue weighted by Gasteiger charge is -2.52. The quantitative estimate of drug-likeness (QED) is 0.729. The van der Waals surface area contributed by atoms with E-state index >= 15 is 0 Å². The average molecular weight is 300 g/mol. The van der Waals surface area contributed by atoms with Gasteiger partial charge in [0.25, 0.3) is 0 Å². The van der Waals surface area contributed by atoms with E-state index in [0.717, 1.165) is 0 Å². The Labute approximate surface area is 120 Å². The highest BCUT2D eigenvalue weighted by molar-refractivity contribution is 6.79. The summed E-state index contributed by atoms with van der Waals surface area (Å²) in [7, 11) is 0.0469. The summed E-state index contributed by atoms with van der Waals surface area (Å²) < 4.78 is 23.4. The zero-order valence-electron chi connectivity index (χ0n) is 13.1. The normalized spacial score (nSPS) is 46.6. The van der Waals surface area contributed by atoms with E-state index in [1.165, 1.54) is 0 Å². The van der Waals surface area contributed by atoms with Crippen LogP contribution >= 0.6 is 0 Å². The number of fused-ring (bicyclic) bond motifs is 2. The number of hydrogen-bond acceptors (Lipinski definition) is 5. The highest BCUT2D eigenvalue weighted by atomic mass is 28.3. The van der Waals surface area contributed by atoms with Gasteiger partial charge in [-0.2, -0.15) is 0 Å². The Morgan fingerprint density at radius 3 is 2.35 bits per heavy atom. The molecule has 6 heteroatoms. The minimum Gasteiger partial charge on any atom is -0.353 e. The van der Waals surface area contributed by atoms with Gasteiger partial charge in [0.2, 0.25) is 0 Å². The second-order valence-electron chi connectivity index (χ2n) is 7.58. The predicted octanol–water partition coefficient (Wildman–Crippen LogP) is 1.93. The van der Waals surface area contributed by atoms with Crippen molar-refractivity contribution in [3.63, 3.8) is 0 Å². The number of ether oxygens (including phenoxy) is 4. The fourth-order valence-corrected chi connectivity index (χ4v) is 6.32. The van der Waals surface area contributed by atoms with Crippen LogP contribution in [0.4, 0.5) is 0 Å². The fraction of sp³-hybridized carbons (Fsp3) is 0.929. The van der Waals surface area contributed by atoms with Crippen molar-refractivity contribution in [3.8, 4) is 0 Å². The largest absolute Gasteiger partial charge is 0.353 e. The van der Waals surface area contributed by atoms with Gasteiger partial charge in [0.15, 0.2) is 23.5 Å². The molecule has 0 radical (unpaired) electrons. The van der Waals surface area contributed by atoms with Crippen LogP contribution in [0.3, 0.4) is 0 Å². The maximum absolute atomic E-state index is 12.4. The Hall–Kier alpha value is -0.273. The lowest BCUT2D eigenvalue weighted by atomic mass is 9.73. The van der Waals surface area contributed by atoms with Crippen molar-refractivity contribution in [1.29, 1.82) is 0 Å². The number of carbonyl (C=O) groups is 1. The Bertz CT molecular complexity index is 443. The summed E-state index contributed by atoms with van der Waals surface area (Å²) in [6.45, 7) is 10.6. The smallest absolute Gasteiger partial charge is 0.187 e. The van der Waals surface area contributed by atoms with E-state index in [4.69, 9.17) is 18.9 Å². The van der Waals surface area contributed by atoms with Gasteiger partial charge in [0.05, 0.1) is 8.07 Å². The standard InChI is InChI=1S/C14H24O5Si/c1-13(2)17-10-11(18-13)14(19-12(10)16-3)8(15)7-9(14)20(4,5)6/h9-12H,7H2,1-6H3/t9?,10?,11-,12-,14-/m1/s1. The molecule has 20 heavy (non-hydrogen) atoms. The molecule has 1 spiro atoms. The molecule has 3 fully saturated rings. The minimum absolute atomic E-state index is 0.140. The van der Waals surface area contributed by atoms with Crippen LogP contribution in [0.25, 0.3) is 0 Å². The molecule has 1 aliphatic carbocycles. The van der Waals surface area contributed by atoms with Gasteiger partial charge in [-0.15, -0.1) is 0 Å². The van der Waals surface area contributed by atoms with Crippen LogP contribution in [-0.2, 0) is 23.7 Å². The molecule has 5 atom stereocenters. The first-order chi connectivity index (χ1) is 9.12. The van der Waals surface area contributed by atoms with Crippen molar-refractivity contribution >= 4 is 13.9 Å². The number of Topliss-reactive ketones (excluding diaryl/α,β-unsaturated/α-hetero) is 1. The number of ketones is 1. The van der Waals surface area contributed by atoms with Gasteiger partial charge in [-0.1, -0.05) is 19.6 Å². The maximum Gasteiger partial charge on any atom is 0.187 e. The maximum atomic E-state index is 12.4. The molecule has 0 bridgehead atoms. The van der Waals surface area contributed by atoms with Gasteiger partial charge >= 0.3 is 0 Å². The average Bonchev–Trinajstić information content (AvgIpc) is 2.76. The molecular weight excluding hydrogens is 276 g/mol. The lowest BCUT2D eigenvalue weighted by Crippen LogP contribution is -2.66. The zero-order chi connectivity index (χ0) is 14.9. The van der Waals surface area contributed by atoms with Gasteiger partial charge in [0, 0.05) is 13.5 Å². The van der Waals surface area contributed by atoms with E-state index < -0.39 is 25.8 Å². The molecule has 5 nitrogen and oxygen atoms in total. The van der Waals surface area contributed by atoms with Crippen molar-refractivity contribution in [2.24, 2.45) is 0 Å². The first kappa shape index (κ1) is 14.7. The van der Waals surface area contributed by atoms with Crippen LogP contribution in [0.5, 0.6) is 0 Å². The molecule has 2 saturated heterocycles. The highest BCUT2D eigenvalue weighted by Crippen LogP contribution is 2.59. The third-order valence-electron chi connectivity index (χ3n) is 4.75. The Kier molecular flexibility index (Phi) is 3.03. The van der Waals surface area contributed by atoms with Crippen molar-refractivity contribution in [2.75, 3.05) is 7.11 Å². The summed E-state index contributed by atoms with van der Waals surface area (Å²) in [5.74, 6) is -0.552. The molecule has 114 valence electrons. The van der Waals surface area contributed by atoms with Crippen LogP contribution in [0.1, 0.15) is 20.3 Å². The first-order valence-corrected chi connectivity index (χ1v) is 10.8. The number of carbonyl (C=O) groups excluding carboxylic acids is 1. The molecule has 2 unspecified atom stereocenters. The summed E-state index contributed by atoms with van der Waals surface area (Å²) in [5.41, 5.74) is -0.587. The van der Waals surface area contributed by atoms with Crippen LogP contribution < -0.4 is 0 Å². The summed E-state index contributed by atoms with van der Waals surface area (Å²) in [5, 5.41) is 0. The first-order valence-electron chi connectivity index (χ1n) is 7.21. The van der Waals surface area contributed by atoms with Crippen LogP contribution in [0.2, 0.25) is 25.2 Å². The number of hydrogen-bond donors (Lipinski definition) is 0. The molecule has 0 aromatic rings. The van der Waals surface area contributed by atoms with Crippen LogP contribution in [0, 0.1) is 0 Å². The lowest BCUT2D eigenvalue weighted by molar-refractivity contribution is -0.255. The summed E-state index contributed by atoms with van der Waals surface area (Å²) >= 11 is 0. The van der Waals surface area contributed by atoms with Gasteiger partial charge in [-0.25, -0.2) is 0 Å². The molecule has 0 amide bonds. The van der Waals surface area contributed by atoms with E-state index in [9.17, 15) is 4.79 Å². The predicted molar refractivity (Wildman–Crippen MR) is 75.2 cm³/mol. The van der Waals surface area contributed by atoms with E-state index in [2.05, 4.69) is 19.6 Å². The number of methoxy groups -OCH3 is 1.